The molecule has 0 aromatic heterocycles. The van der Waals surface area contributed by atoms with Gasteiger partial charge in [-0.3, -0.25) is 0 Å². The molecule has 4 heteroatoms. The molecule has 0 saturated heterocycles. The van der Waals surface area contributed by atoms with Crippen molar-refractivity contribution in [3.05, 3.63) is 57.8 Å². The van der Waals surface area contributed by atoms with Crippen molar-refractivity contribution < 1.29 is 4.39 Å². The highest BCUT2D eigenvalue weighted by molar-refractivity contribution is 9.10. The van der Waals surface area contributed by atoms with Crippen LogP contribution < -0.4 is 11.1 Å². The molecule has 0 fully saturated rings. The third kappa shape index (κ3) is 2.71. The van der Waals surface area contributed by atoms with Gasteiger partial charge in [0, 0.05) is 28.0 Å². The van der Waals surface area contributed by atoms with E-state index in [0.717, 1.165) is 15.7 Å². The molecule has 2 rings (SSSR count). The van der Waals surface area contributed by atoms with Gasteiger partial charge in [0.05, 0.1) is 0 Å². The molecule has 0 aliphatic carbocycles. The van der Waals surface area contributed by atoms with E-state index in [1.807, 2.05) is 31.2 Å². The summed E-state index contributed by atoms with van der Waals surface area (Å²) in [6, 6.07) is 10.8. The lowest BCUT2D eigenvalue weighted by Gasteiger charge is -2.12. The Balaban J connectivity index is 2.34. The van der Waals surface area contributed by atoms with Gasteiger partial charge in [0.1, 0.15) is 5.82 Å². The van der Waals surface area contributed by atoms with Gasteiger partial charge in [0.2, 0.25) is 0 Å². The summed E-state index contributed by atoms with van der Waals surface area (Å²) in [5, 5.41) is 3.19. The minimum Gasteiger partial charge on any atom is -0.355 e. The van der Waals surface area contributed by atoms with Crippen LogP contribution >= 0.6 is 15.9 Å². The quantitative estimate of drug-likeness (QED) is 0.896. The predicted molar refractivity (Wildman–Crippen MR) is 76.5 cm³/mol. The van der Waals surface area contributed by atoms with Crippen molar-refractivity contribution in [1.29, 1.82) is 0 Å². The van der Waals surface area contributed by atoms with Crippen LogP contribution in [-0.4, -0.2) is 0 Å². The lowest BCUT2D eigenvalue weighted by Crippen LogP contribution is -2.04. The molecule has 0 unspecified atom stereocenters. The van der Waals surface area contributed by atoms with E-state index in [4.69, 9.17) is 5.73 Å². The second-order valence-electron chi connectivity index (χ2n) is 4.06. The molecule has 0 aliphatic rings. The number of hydrogen-bond acceptors (Lipinski definition) is 2. The fourth-order valence-corrected chi connectivity index (χ4v) is 2.01. The van der Waals surface area contributed by atoms with Crippen molar-refractivity contribution in [1.82, 2.24) is 0 Å². The van der Waals surface area contributed by atoms with Gasteiger partial charge in [0.15, 0.2) is 0 Å². The maximum Gasteiger partial charge on any atom is 0.129 e. The zero-order chi connectivity index (χ0) is 13.1. The average Bonchev–Trinajstić information content (AvgIpc) is 2.34. The Morgan fingerprint density at radius 2 is 2.06 bits per heavy atom. The Morgan fingerprint density at radius 1 is 1.28 bits per heavy atom. The van der Waals surface area contributed by atoms with Crippen LogP contribution in [0, 0.1) is 12.7 Å². The first-order chi connectivity index (χ1) is 8.61. The van der Waals surface area contributed by atoms with E-state index in [1.165, 1.54) is 6.07 Å². The topological polar surface area (TPSA) is 38.0 Å². The molecular weight excluding hydrogens is 295 g/mol. The van der Waals surface area contributed by atoms with Gasteiger partial charge < -0.3 is 11.1 Å². The Bertz CT molecular complexity index is 570. The highest BCUT2D eigenvalue weighted by Gasteiger charge is 2.07. The molecule has 2 aromatic rings. The Kier molecular flexibility index (Phi) is 3.99. The first kappa shape index (κ1) is 13.1. The number of nitrogens with two attached hydrogens (primary N) is 1. The van der Waals surface area contributed by atoms with Gasteiger partial charge >= 0.3 is 0 Å². The van der Waals surface area contributed by atoms with E-state index in [-0.39, 0.29) is 12.4 Å². The molecule has 2 nitrogen and oxygen atoms in total. The smallest absolute Gasteiger partial charge is 0.129 e. The number of halogens is 2. The van der Waals surface area contributed by atoms with Crippen molar-refractivity contribution in [3.8, 4) is 0 Å². The van der Waals surface area contributed by atoms with Crippen molar-refractivity contribution in [2.24, 2.45) is 5.73 Å². The van der Waals surface area contributed by atoms with Crippen LogP contribution in [0.15, 0.2) is 40.9 Å². The summed E-state index contributed by atoms with van der Waals surface area (Å²) in [6.07, 6.45) is 0. The van der Waals surface area contributed by atoms with Crippen LogP contribution in [0.5, 0.6) is 0 Å². The largest absolute Gasteiger partial charge is 0.355 e. The maximum atomic E-state index is 13.6. The first-order valence-corrected chi connectivity index (χ1v) is 6.41. The molecule has 0 saturated carbocycles. The number of nitrogens with one attached hydrogen (secondary N) is 1. The molecule has 2 aromatic carbocycles. The number of rotatable bonds is 3. The van der Waals surface area contributed by atoms with Crippen molar-refractivity contribution >= 4 is 27.3 Å². The lowest BCUT2D eigenvalue weighted by atomic mass is 10.1. The molecule has 0 radical (unpaired) electrons. The van der Waals surface area contributed by atoms with E-state index in [9.17, 15) is 4.39 Å². The normalized spacial score (nSPS) is 10.4. The van der Waals surface area contributed by atoms with Crippen molar-refractivity contribution in [2.75, 3.05) is 5.32 Å². The van der Waals surface area contributed by atoms with Crippen LogP contribution in [0.25, 0.3) is 0 Å². The van der Waals surface area contributed by atoms with E-state index in [0.29, 0.717) is 11.3 Å². The monoisotopic (exact) mass is 308 g/mol. The second-order valence-corrected chi connectivity index (χ2v) is 4.91. The molecule has 18 heavy (non-hydrogen) atoms. The maximum absolute atomic E-state index is 13.6. The summed E-state index contributed by atoms with van der Waals surface area (Å²) in [5.74, 6) is -0.281. The molecule has 0 heterocycles. The summed E-state index contributed by atoms with van der Waals surface area (Å²) in [5.41, 5.74) is 8.81. The lowest BCUT2D eigenvalue weighted by molar-refractivity contribution is 0.611. The van der Waals surface area contributed by atoms with E-state index >= 15 is 0 Å². The van der Waals surface area contributed by atoms with Crippen LogP contribution in [0.3, 0.4) is 0 Å². The minimum atomic E-state index is -0.281. The average molecular weight is 309 g/mol. The molecule has 94 valence electrons. The second kappa shape index (κ2) is 5.50. The number of hydrogen-bond donors (Lipinski definition) is 2. The van der Waals surface area contributed by atoms with Gasteiger partial charge in [-0.15, -0.1) is 0 Å². The SMILES string of the molecule is Cc1cc(Nc2cccc(F)c2CN)ccc1Br. The summed E-state index contributed by atoms with van der Waals surface area (Å²) < 4.78 is 14.6. The molecule has 0 bridgehead atoms. The standard InChI is InChI=1S/C14H14BrFN2/c1-9-7-10(5-6-12(9)15)18-14-4-2-3-13(16)11(14)8-17/h2-7,18H,8,17H2,1H3. The van der Waals surface area contributed by atoms with E-state index in [1.54, 1.807) is 6.07 Å². The van der Waals surface area contributed by atoms with E-state index in [2.05, 4.69) is 21.2 Å². The third-order valence-electron chi connectivity index (χ3n) is 2.76. The van der Waals surface area contributed by atoms with Gasteiger partial charge in [-0.2, -0.15) is 0 Å². The highest BCUT2D eigenvalue weighted by Crippen LogP contribution is 2.26. The molecule has 0 spiro atoms. The summed E-state index contributed by atoms with van der Waals surface area (Å²) in [4.78, 5) is 0. The van der Waals surface area contributed by atoms with Gasteiger partial charge in [0.25, 0.3) is 0 Å². The minimum absolute atomic E-state index is 0.171. The third-order valence-corrected chi connectivity index (χ3v) is 3.65. The van der Waals surface area contributed by atoms with Gasteiger partial charge in [-0.05, 0) is 42.8 Å². The van der Waals surface area contributed by atoms with Gasteiger partial charge in [-0.1, -0.05) is 22.0 Å². The Labute approximate surface area is 114 Å². The number of benzene rings is 2. The Hall–Kier alpha value is -1.39. The number of anilines is 2. The zero-order valence-corrected chi connectivity index (χ0v) is 11.6. The van der Waals surface area contributed by atoms with E-state index < -0.39 is 0 Å². The first-order valence-electron chi connectivity index (χ1n) is 5.62. The number of aryl methyl sites for hydroxylation is 1. The van der Waals surface area contributed by atoms with Crippen LogP contribution in [0.2, 0.25) is 0 Å². The molecule has 0 aliphatic heterocycles. The van der Waals surface area contributed by atoms with Crippen LogP contribution in [0.4, 0.5) is 15.8 Å². The summed E-state index contributed by atoms with van der Waals surface area (Å²) in [7, 11) is 0. The molecule has 0 amide bonds. The van der Waals surface area contributed by atoms with Crippen molar-refractivity contribution in [2.45, 2.75) is 13.5 Å². The predicted octanol–water partition coefficient (Wildman–Crippen LogP) is 4.10. The molecule has 0 atom stereocenters. The fraction of sp³-hybridized carbons (Fsp3) is 0.143. The Morgan fingerprint density at radius 3 is 2.72 bits per heavy atom. The molecule has 3 N–H and O–H groups in total. The van der Waals surface area contributed by atoms with Crippen LogP contribution in [-0.2, 0) is 6.54 Å². The summed E-state index contributed by atoms with van der Waals surface area (Å²) in [6.45, 7) is 2.18. The molecular formula is C14H14BrFN2. The summed E-state index contributed by atoms with van der Waals surface area (Å²) >= 11 is 3.45. The van der Waals surface area contributed by atoms with Gasteiger partial charge in [-0.25, -0.2) is 4.39 Å². The highest BCUT2D eigenvalue weighted by atomic mass is 79.9. The fourth-order valence-electron chi connectivity index (χ4n) is 1.76. The van der Waals surface area contributed by atoms with Crippen LogP contribution in [0.1, 0.15) is 11.1 Å². The zero-order valence-electron chi connectivity index (χ0n) is 10.0. The van der Waals surface area contributed by atoms with Crippen molar-refractivity contribution in [3.63, 3.8) is 0 Å².